The molecule has 0 aromatic heterocycles. The molecule has 0 N–H and O–H groups in total. The molecule has 0 aliphatic carbocycles. The Balaban J connectivity index is 1.39. The SMILES string of the molecule is COc1ccc(/C=C2\SC(=O)N(Cc3cc4c(cc3Cl)OCO4)C2=O)cc1OS(=O)(=O)c1ccc(Cl)cc1. The molecule has 2 heterocycles. The Kier molecular flexibility index (Phi) is 7.19. The molecule has 5 rings (SSSR count). The number of carbonyl (C=O) groups is 2. The average Bonchev–Trinajstić information content (AvgIpc) is 3.43. The highest BCUT2D eigenvalue weighted by Gasteiger charge is 2.36. The van der Waals surface area contributed by atoms with E-state index in [1.54, 1.807) is 18.2 Å². The van der Waals surface area contributed by atoms with Gasteiger partial charge in [0, 0.05) is 16.1 Å². The van der Waals surface area contributed by atoms with Gasteiger partial charge in [0.2, 0.25) is 6.79 Å². The van der Waals surface area contributed by atoms with Crippen LogP contribution in [0.5, 0.6) is 23.0 Å². The van der Waals surface area contributed by atoms with E-state index in [2.05, 4.69) is 0 Å². The van der Waals surface area contributed by atoms with Crippen LogP contribution in [-0.2, 0) is 21.5 Å². The molecule has 0 unspecified atom stereocenters. The largest absolute Gasteiger partial charge is 0.493 e. The average molecular weight is 594 g/mol. The zero-order valence-electron chi connectivity index (χ0n) is 19.5. The number of halogens is 2. The summed E-state index contributed by atoms with van der Waals surface area (Å²) in [5.74, 6) is 0.503. The molecule has 0 saturated carbocycles. The summed E-state index contributed by atoms with van der Waals surface area (Å²) in [6, 6.07) is 13.2. The van der Waals surface area contributed by atoms with Gasteiger partial charge in [0.05, 0.1) is 18.6 Å². The van der Waals surface area contributed by atoms with Crippen LogP contribution in [0.2, 0.25) is 10.0 Å². The molecule has 196 valence electrons. The molecule has 1 fully saturated rings. The van der Waals surface area contributed by atoms with Gasteiger partial charge >= 0.3 is 10.1 Å². The second-order valence-corrected chi connectivity index (χ2v) is 11.3. The summed E-state index contributed by atoms with van der Waals surface area (Å²) in [5, 5.41) is 0.222. The number of ether oxygens (including phenoxy) is 3. The van der Waals surface area contributed by atoms with Crippen molar-refractivity contribution >= 4 is 62.3 Å². The number of benzene rings is 3. The van der Waals surface area contributed by atoms with Crippen LogP contribution in [0.15, 0.2) is 64.4 Å². The van der Waals surface area contributed by atoms with Crippen LogP contribution in [0.3, 0.4) is 0 Å². The monoisotopic (exact) mass is 593 g/mol. The maximum atomic E-state index is 13.1. The van der Waals surface area contributed by atoms with Crippen molar-refractivity contribution in [3.63, 3.8) is 0 Å². The second-order valence-electron chi connectivity index (χ2n) is 7.97. The molecule has 2 aliphatic rings. The fourth-order valence-electron chi connectivity index (χ4n) is 3.65. The van der Waals surface area contributed by atoms with Crippen molar-refractivity contribution in [2.75, 3.05) is 13.9 Å². The second kappa shape index (κ2) is 10.4. The summed E-state index contributed by atoms with van der Waals surface area (Å²) in [7, 11) is -2.84. The maximum absolute atomic E-state index is 13.1. The van der Waals surface area contributed by atoms with Gasteiger partial charge in [-0.15, -0.1) is 0 Å². The number of hydrogen-bond donors (Lipinski definition) is 0. The number of nitrogens with zero attached hydrogens (tertiary/aromatic N) is 1. The first-order chi connectivity index (χ1) is 18.1. The Bertz CT molecular complexity index is 1590. The number of rotatable bonds is 7. The minimum atomic E-state index is -4.20. The van der Waals surface area contributed by atoms with E-state index in [1.807, 2.05) is 0 Å². The summed E-state index contributed by atoms with van der Waals surface area (Å²) in [6.07, 6.45) is 1.47. The zero-order valence-corrected chi connectivity index (χ0v) is 22.6. The molecule has 3 aromatic rings. The van der Waals surface area contributed by atoms with E-state index in [9.17, 15) is 18.0 Å². The van der Waals surface area contributed by atoms with Gasteiger partial charge in [0.15, 0.2) is 23.0 Å². The van der Waals surface area contributed by atoms with Crippen molar-refractivity contribution in [1.29, 1.82) is 0 Å². The lowest BCUT2D eigenvalue weighted by Crippen LogP contribution is -2.27. The van der Waals surface area contributed by atoms with Crippen molar-refractivity contribution in [2.24, 2.45) is 0 Å². The van der Waals surface area contributed by atoms with E-state index < -0.39 is 21.3 Å². The Morgan fingerprint density at radius 2 is 1.71 bits per heavy atom. The zero-order chi connectivity index (χ0) is 27.0. The van der Waals surface area contributed by atoms with Gasteiger partial charge in [0.25, 0.3) is 11.1 Å². The number of carbonyl (C=O) groups excluding carboxylic acids is 2. The number of hydrogen-bond acceptors (Lipinski definition) is 9. The third-order valence-corrected chi connectivity index (χ3v) is 8.29. The lowest BCUT2D eigenvalue weighted by Gasteiger charge is -2.14. The van der Waals surface area contributed by atoms with Gasteiger partial charge in [-0.1, -0.05) is 29.3 Å². The van der Waals surface area contributed by atoms with Gasteiger partial charge in [-0.25, -0.2) is 0 Å². The molecule has 0 radical (unpaired) electrons. The van der Waals surface area contributed by atoms with E-state index in [4.69, 9.17) is 41.6 Å². The third-order valence-electron chi connectivity index (χ3n) is 5.53. The van der Waals surface area contributed by atoms with Crippen LogP contribution in [0.1, 0.15) is 11.1 Å². The van der Waals surface area contributed by atoms with E-state index >= 15 is 0 Å². The molecule has 0 atom stereocenters. The van der Waals surface area contributed by atoms with Crippen LogP contribution >= 0.6 is 35.0 Å². The lowest BCUT2D eigenvalue weighted by molar-refractivity contribution is -0.123. The quantitative estimate of drug-likeness (QED) is 0.250. The minimum Gasteiger partial charge on any atom is -0.493 e. The number of imide groups is 1. The van der Waals surface area contributed by atoms with E-state index in [-0.39, 0.29) is 34.6 Å². The van der Waals surface area contributed by atoms with Crippen molar-refractivity contribution < 1.29 is 36.4 Å². The smallest absolute Gasteiger partial charge is 0.339 e. The summed E-state index contributed by atoms with van der Waals surface area (Å²) >= 11 is 12.9. The molecule has 3 aromatic carbocycles. The third kappa shape index (κ3) is 5.28. The van der Waals surface area contributed by atoms with Crippen LogP contribution in [0.25, 0.3) is 6.08 Å². The van der Waals surface area contributed by atoms with Crippen molar-refractivity contribution in [3.8, 4) is 23.0 Å². The van der Waals surface area contributed by atoms with Crippen LogP contribution in [0.4, 0.5) is 4.79 Å². The summed E-state index contributed by atoms with van der Waals surface area (Å²) in [6.45, 7) is 0.00177. The molecule has 0 bridgehead atoms. The molecular weight excluding hydrogens is 577 g/mol. The van der Waals surface area contributed by atoms with Crippen LogP contribution < -0.4 is 18.4 Å². The van der Waals surface area contributed by atoms with E-state index in [0.717, 1.165) is 16.7 Å². The lowest BCUT2D eigenvalue weighted by atomic mass is 10.1. The number of fused-ring (bicyclic) bond motifs is 1. The summed E-state index contributed by atoms with van der Waals surface area (Å²) in [4.78, 5) is 26.8. The molecule has 2 amide bonds. The molecule has 1 saturated heterocycles. The first-order valence-corrected chi connectivity index (χ1v) is 13.8. The Labute approximate surface area is 232 Å². The Morgan fingerprint density at radius 3 is 2.42 bits per heavy atom. The first-order valence-electron chi connectivity index (χ1n) is 10.9. The van der Waals surface area contributed by atoms with Gasteiger partial charge in [-0.05, 0) is 71.4 Å². The topological polar surface area (TPSA) is 108 Å². The molecular formula is C25H17Cl2NO8S2. The predicted molar refractivity (Wildman–Crippen MR) is 141 cm³/mol. The predicted octanol–water partition coefficient (Wildman–Crippen LogP) is 5.73. The van der Waals surface area contributed by atoms with Gasteiger partial charge in [-0.3, -0.25) is 14.5 Å². The minimum absolute atomic E-state index is 0.0617. The first kappa shape index (κ1) is 26.2. The Hall–Kier alpha value is -3.38. The highest BCUT2D eigenvalue weighted by molar-refractivity contribution is 8.18. The number of amides is 2. The van der Waals surface area contributed by atoms with Crippen molar-refractivity contribution in [1.82, 2.24) is 4.90 Å². The standard InChI is InChI=1S/C25H17Cl2NO8S2/c1-33-19-7-2-14(8-22(19)36-38(31,32)17-5-3-16(26)4-6-17)9-23-24(29)28(25(30)37-23)12-15-10-20-21(11-18(15)27)35-13-34-20/h2-11H,12-13H2,1H3/b23-9-. The van der Waals surface area contributed by atoms with Crippen LogP contribution in [-0.4, -0.2) is 38.4 Å². The fraction of sp³-hybridized carbons (Fsp3) is 0.120. The number of thioether (sulfide) groups is 1. The highest BCUT2D eigenvalue weighted by atomic mass is 35.5. The van der Waals surface area contributed by atoms with Gasteiger partial charge in [0.1, 0.15) is 4.90 Å². The van der Waals surface area contributed by atoms with Gasteiger partial charge < -0.3 is 18.4 Å². The van der Waals surface area contributed by atoms with Crippen LogP contribution in [0, 0.1) is 0 Å². The highest BCUT2D eigenvalue weighted by Crippen LogP contribution is 2.40. The summed E-state index contributed by atoms with van der Waals surface area (Å²) in [5.41, 5.74) is 0.936. The molecule has 9 nitrogen and oxygen atoms in total. The molecule has 0 spiro atoms. The fourth-order valence-corrected chi connectivity index (χ4v) is 5.76. The Morgan fingerprint density at radius 1 is 1.00 bits per heavy atom. The van der Waals surface area contributed by atoms with E-state index in [0.29, 0.717) is 32.7 Å². The molecule has 2 aliphatic heterocycles. The maximum Gasteiger partial charge on any atom is 0.339 e. The molecule has 38 heavy (non-hydrogen) atoms. The normalized spacial score (nSPS) is 15.9. The molecule has 13 heteroatoms. The number of methoxy groups -OCH3 is 1. The van der Waals surface area contributed by atoms with Crippen molar-refractivity contribution in [3.05, 3.63) is 80.7 Å². The van der Waals surface area contributed by atoms with Crippen molar-refractivity contribution in [2.45, 2.75) is 11.4 Å². The van der Waals surface area contributed by atoms with Gasteiger partial charge in [-0.2, -0.15) is 8.42 Å². The van der Waals surface area contributed by atoms with E-state index in [1.165, 1.54) is 49.6 Å². The summed E-state index contributed by atoms with van der Waals surface area (Å²) < 4.78 is 46.7.